The predicted octanol–water partition coefficient (Wildman–Crippen LogP) is 0.899. The minimum absolute atomic E-state index is 0.0175. The molecule has 0 bridgehead atoms. The van der Waals surface area contributed by atoms with Crippen LogP contribution in [0.2, 0.25) is 0 Å². The molecule has 1 amide bonds. The van der Waals surface area contributed by atoms with Gasteiger partial charge in [-0.1, -0.05) is 19.1 Å². The van der Waals surface area contributed by atoms with Gasteiger partial charge in [0.25, 0.3) is 5.91 Å². The fourth-order valence-corrected chi connectivity index (χ4v) is 3.80. The van der Waals surface area contributed by atoms with Crippen LogP contribution in [0.5, 0.6) is 0 Å². The number of likely N-dealkylation sites (N-methyl/N-ethyl adjacent to an activating group) is 1. The van der Waals surface area contributed by atoms with Crippen molar-refractivity contribution in [2.45, 2.75) is 37.6 Å². The van der Waals surface area contributed by atoms with E-state index in [1.165, 1.54) is 6.26 Å². The van der Waals surface area contributed by atoms with E-state index in [2.05, 4.69) is 5.32 Å². The van der Waals surface area contributed by atoms with E-state index in [0.29, 0.717) is 17.7 Å². The third-order valence-electron chi connectivity index (χ3n) is 4.35. The fourth-order valence-electron chi connectivity index (χ4n) is 3.00. The Balaban J connectivity index is 1.84. The maximum absolute atomic E-state index is 12.2. The summed E-state index contributed by atoms with van der Waals surface area (Å²) in [5.74, 6) is -1.09. The lowest BCUT2D eigenvalue weighted by molar-refractivity contribution is -0.139. The summed E-state index contributed by atoms with van der Waals surface area (Å²) in [5.41, 5.74) is 1.13. The monoisotopic (exact) mass is 368 g/mol. The number of nitrogens with one attached hydrogen (secondary N) is 1. The van der Waals surface area contributed by atoms with Gasteiger partial charge in [-0.25, -0.2) is 8.42 Å². The molecular weight excluding hydrogens is 344 g/mol. The van der Waals surface area contributed by atoms with Gasteiger partial charge >= 0.3 is 5.97 Å². The van der Waals surface area contributed by atoms with E-state index in [9.17, 15) is 18.0 Å². The first-order chi connectivity index (χ1) is 11.7. The Morgan fingerprint density at radius 2 is 1.84 bits per heavy atom. The highest BCUT2D eigenvalue weighted by Crippen LogP contribution is 2.25. The maximum atomic E-state index is 12.2. The lowest BCUT2D eigenvalue weighted by atomic mass is 9.85. The number of hydrogen-bond donors (Lipinski definition) is 2. The Morgan fingerprint density at radius 3 is 2.32 bits per heavy atom. The van der Waals surface area contributed by atoms with E-state index in [4.69, 9.17) is 5.11 Å². The van der Waals surface area contributed by atoms with Gasteiger partial charge in [-0.2, -0.15) is 0 Å². The molecule has 0 saturated heterocycles. The number of carboxylic acids is 1. The van der Waals surface area contributed by atoms with Gasteiger partial charge in [0.2, 0.25) is 0 Å². The van der Waals surface area contributed by atoms with Crippen LogP contribution in [0.15, 0.2) is 24.3 Å². The SMILES string of the molecule is CCN(CC(=O)O)C1CC(NC(=O)c2ccc(CS(C)(=O)=O)cc2)C1. The number of carbonyl (C=O) groups is 2. The number of rotatable bonds is 8. The predicted molar refractivity (Wildman–Crippen MR) is 94.1 cm³/mol. The summed E-state index contributed by atoms with van der Waals surface area (Å²) >= 11 is 0. The van der Waals surface area contributed by atoms with E-state index in [1.807, 2.05) is 11.8 Å². The van der Waals surface area contributed by atoms with Crippen molar-refractivity contribution in [2.75, 3.05) is 19.3 Å². The van der Waals surface area contributed by atoms with Crippen molar-refractivity contribution >= 4 is 21.7 Å². The summed E-state index contributed by atoms with van der Waals surface area (Å²) in [6.07, 6.45) is 2.64. The Hall–Kier alpha value is -1.93. The Bertz CT molecular complexity index is 724. The average molecular weight is 368 g/mol. The first-order valence-corrected chi connectivity index (χ1v) is 10.3. The highest BCUT2D eigenvalue weighted by atomic mass is 32.2. The number of nitrogens with zero attached hydrogens (tertiary/aromatic N) is 1. The van der Waals surface area contributed by atoms with E-state index < -0.39 is 15.8 Å². The van der Waals surface area contributed by atoms with Crippen LogP contribution in [0.1, 0.15) is 35.7 Å². The largest absolute Gasteiger partial charge is 0.480 e. The summed E-state index contributed by atoms with van der Waals surface area (Å²) < 4.78 is 22.5. The van der Waals surface area contributed by atoms with Gasteiger partial charge in [0.15, 0.2) is 9.84 Å². The van der Waals surface area contributed by atoms with Crippen LogP contribution in [-0.4, -0.2) is 61.7 Å². The van der Waals surface area contributed by atoms with E-state index >= 15 is 0 Å². The number of hydrogen-bond acceptors (Lipinski definition) is 5. The molecule has 1 aromatic rings. The summed E-state index contributed by atoms with van der Waals surface area (Å²) in [6, 6.07) is 6.75. The zero-order chi connectivity index (χ0) is 18.6. The quantitative estimate of drug-likeness (QED) is 0.706. The fraction of sp³-hybridized carbons (Fsp3) is 0.529. The Morgan fingerprint density at radius 1 is 1.24 bits per heavy atom. The molecule has 2 rings (SSSR count). The summed E-state index contributed by atoms with van der Waals surface area (Å²) in [6.45, 7) is 2.61. The normalized spacial score (nSPS) is 20.1. The smallest absolute Gasteiger partial charge is 0.317 e. The Labute approximate surface area is 147 Å². The third-order valence-corrected chi connectivity index (χ3v) is 5.21. The first-order valence-electron chi connectivity index (χ1n) is 8.21. The van der Waals surface area contributed by atoms with Crippen molar-refractivity contribution in [1.29, 1.82) is 0 Å². The third kappa shape index (κ3) is 5.82. The molecule has 0 spiro atoms. The van der Waals surface area contributed by atoms with Crippen LogP contribution in [0.3, 0.4) is 0 Å². The molecule has 0 radical (unpaired) electrons. The minimum atomic E-state index is -3.10. The van der Waals surface area contributed by atoms with Gasteiger partial charge < -0.3 is 10.4 Å². The second-order valence-electron chi connectivity index (χ2n) is 6.52. The molecule has 0 heterocycles. The van der Waals surface area contributed by atoms with Crippen molar-refractivity contribution < 1.29 is 23.1 Å². The standard InChI is InChI=1S/C17H24N2O5S/c1-3-19(10-16(20)21)15-8-14(9-15)18-17(22)13-6-4-12(5-7-13)11-25(2,23)24/h4-7,14-15H,3,8-11H2,1-2H3,(H,18,22)(H,20,21). The van der Waals surface area contributed by atoms with Crippen molar-refractivity contribution in [3.05, 3.63) is 35.4 Å². The zero-order valence-electron chi connectivity index (χ0n) is 14.4. The first kappa shape index (κ1) is 19.4. The van der Waals surface area contributed by atoms with Crippen LogP contribution in [-0.2, 0) is 20.4 Å². The van der Waals surface area contributed by atoms with Gasteiger partial charge in [0.1, 0.15) is 0 Å². The lowest BCUT2D eigenvalue weighted by Gasteiger charge is -2.42. The molecule has 0 aromatic heterocycles. The van der Waals surface area contributed by atoms with Crippen molar-refractivity contribution in [2.24, 2.45) is 0 Å². The van der Waals surface area contributed by atoms with E-state index in [1.54, 1.807) is 24.3 Å². The number of amides is 1. The van der Waals surface area contributed by atoms with Gasteiger partial charge in [-0.05, 0) is 37.1 Å². The Kier molecular flexibility index (Phi) is 6.18. The lowest BCUT2D eigenvalue weighted by Crippen LogP contribution is -2.54. The van der Waals surface area contributed by atoms with Crippen molar-refractivity contribution in [3.63, 3.8) is 0 Å². The van der Waals surface area contributed by atoms with Gasteiger partial charge in [0, 0.05) is 23.9 Å². The summed E-state index contributed by atoms with van der Waals surface area (Å²) in [4.78, 5) is 24.9. The molecule has 7 nitrogen and oxygen atoms in total. The van der Waals surface area contributed by atoms with E-state index in [0.717, 1.165) is 12.8 Å². The van der Waals surface area contributed by atoms with Gasteiger partial charge in [0.05, 0.1) is 12.3 Å². The summed E-state index contributed by atoms with van der Waals surface area (Å²) in [5, 5.41) is 11.8. The maximum Gasteiger partial charge on any atom is 0.317 e. The molecule has 2 N–H and O–H groups in total. The number of carbonyl (C=O) groups excluding carboxylic acids is 1. The summed E-state index contributed by atoms with van der Waals surface area (Å²) in [7, 11) is -3.10. The molecule has 138 valence electrons. The van der Waals surface area contributed by atoms with Crippen LogP contribution in [0.4, 0.5) is 0 Å². The molecule has 25 heavy (non-hydrogen) atoms. The minimum Gasteiger partial charge on any atom is -0.480 e. The highest BCUT2D eigenvalue weighted by Gasteiger charge is 2.34. The molecule has 1 aliphatic rings. The van der Waals surface area contributed by atoms with Crippen LogP contribution in [0, 0.1) is 0 Å². The molecular formula is C17H24N2O5S. The second-order valence-corrected chi connectivity index (χ2v) is 8.66. The molecule has 0 unspecified atom stereocenters. The molecule has 1 saturated carbocycles. The second kappa shape index (κ2) is 7.97. The van der Waals surface area contributed by atoms with E-state index in [-0.39, 0.29) is 30.3 Å². The van der Waals surface area contributed by atoms with Crippen LogP contribution < -0.4 is 5.32 Å². The van der Waals surface area contributed by atoms with Crippen LogP contribution >= 0.6 is 0 Å². The van der Waals surface area contributed by atoms with Gasteiger partial charge in [-0.3, -0.25) is 14.5 Å². The number of carboxylic acid groups (broad SMARTS) is 1. The molecule has 8 heteroatoms. The van der Waals surface area contributed by atoms with Crippen molar-refractivity contribution in [1.82, 2.24) is 10.2 Å². The molecule has 1 aliphatic carbocycles. The molecule has 1 fully saturated rings. The average Bonchev–Trinajstić information content (AvgIpc) is 2.47. The van der Waals surface area contributed by atoms with Crippen molar-refractivity contribution in [3.8, 4) is 0 Å². The zero-order valence-corrected chi connectivity index (χ0v) is 15.3. The topological polar surface area (TPSA) is 104 Å². The molecule has 0 atom stereocenters. The number of sulfone groups is 1. The molecule has 1 aromatic carbocycles. The number of benzene rings is 1. The number of aliphatic carboxylic acids is 1. The van der Waals surface area contributed by atoms with Crippen LogP contribution in [0.25, 0.3) is 0 Å². The van der Waals surface area contributed by atoms with Gasteiger partial charge in [-0.15, -0.1) is 0 Å². The molecule has 0 aliphatic heterocycles. The highest BCUT2D eigenvalue weighted by molar-refractivity contribution is 7.89.